The highest BCUT2D eigenvalue weighted by molar-refractivity contribution is 5.37. The van der Waals surface area contributed by atoms with Gasteiger partial charge in [0.2, 0.25) is 0 Å². The largest absolute Gasteiger partial charge is 0.303 e. The molecular formula is C8H5N3. The molecule has 0 bridgehead atoms. The van der Waals surface area contributed by atoms with Crippen LogP contribution in [0.4, 0.5) is 0 Å². The van der Waals surface area contributed by atoms with Crippen LogP contribution in [0.2, 0.25) is 0 Å². The zero-order valence-corrected chi connectivity index (χ0v) is 5.73. The molecule has 0 aromatic carbocycles. The Labute approximate surface area is 63.7 Å². The van der Waals surface area contributed by atoms with Crippen LogP contribution in [0.1, 0.15) is 5.69 Å². The Morgan fingerprint density at radius 2 is 2.36 bits per heavy atom. The van der Waals surface area contributed by atoms with Crippen molar-refractivity contribution in [2.75, 3.05) is 0 Å². The number of hydrogen-bond acceptors (Lipinski definition) is 2. The normalized spacial score (nSPS) is 9.73. The van der Waals surface area contributed by atoms with E-state index >= 15 is 0 Å². The first-order chi connectivity index (χ1) is 5.40. The minimum atomic E-state index is 0.621. The smallest absolute Gasteiger partial charge is 0.155 e. The van der Waals surface area contributed by atoms with Gasteiger partial charge in [-0.05, 0) is 5.92 Å². The summed E-state index contributed by atoms with van der Waals surface area (Å²) in [5.41, 5.74) is 1.43. The maximum absolute atomic E-state index is 5.16. The van der Waals surface area contributed by atoms with Gasteiger partial charge in [-0.25, -0.2) is 9.97 Å². The van der Waals surface area contributed by atoms with E-state index in [0.29, 0.717) is 5.69 Å². The van der Waals surface area contributed by atoms with Crippen molar-refractivity contribution in [3.63, 3.8) is 0 Å². The van der Waals surface area contributed by atoms with E-state index in [2.05, 4.69) is 15.9 Å². The van der Waals surface area contributed by atoms with E-state index in [9.17, 15) is 0 Å². The standard InChI is InChI=1S/C8H5N3/c1-2-7-6-11-4-3-9-8(11)5-10-7/h1,3-6H. The Morgan fingerprint density at radius 1 is 1.45 bits per heavy atom. The third kappa shape index (κ3) is 0.849. The fraction of sp³-hybridized carbons (Fsp3) is 0. The van der Waals surface area contributed by atoms with Gasteiger partial charge in [-0.2, -0.15) is 0 Å². The topological polar surface area (TPSA) is 30.2 Å². The maximum Gasteiger partial charge on any atom is 0.155 e. The molecule has 3 nitrogen and oxygen atoms in total. The number of fused-ring (bicyclic) bond motifs is 1. The minimum Gasteiger partial charge on any atom is -0.303 e. The van der Waals surface area contributed by atoms with E-state index < -0.39 is 0 Å². The number of terminal acetylenes is 1. The molecule has 3 heteroatoms. The molecule has 0 radical (unpaired) electrons. The highest BCUT2D eigenvalue weighted by atomic mass is 15.0. The molecule has 0 aliphatic rings. The predicted octanol–water partition coefficient (Wildman–Crippen LogP) is 0.711. The Morgan fingerprint density at radius 3 is 3.18 bits per heavy atom. The van der Waals surface area contributed by atoms with E-state index in [1.54, 1.807) is 18.6 Å². The van der Waals surface area contributed by atoms with Crippen LogP contribution < -0.4 is 0 Å². The average Bonchev–Trinajstić information content (AvgIpc) is 2.50. The van der Waals surface area contributed by atoms with Crippen LogP contribution in [0, 0.1) is 12.3 Å². The van der Waals surface area contributed by atoms with Crippen molar-refractivity contribution in [3.8, 4) is 12.3 Å². The molecule has 11 heavy (non-hydrogen) atoms. The summed E-state index contributed by atoms with van der Waals surface area (Å²) >= 11 is 0. The summed E-state index contributed by atoms with van der Waals surface area (Å²) in [4.78, 5) is 8.00. The molecule has 2 heterocycles. The van der Waals surface area contributed by atoms with Gasteiger partial charge in [0.05, 0.1) is 6.20 Å². The zero-order valence-electron chi connectivity index (χ0n) is 5.73. The first kappa shape index (κ1) is 5.93. The highest BCUT2D eigenvalue weighted by Gasteiger charge is 1.93. The van der Waals surface area contributed by atoms with Gasteiger partial charge in [-0.15, -0.1) is 6.42 Å². The molecule has 0 aliphatic carbocycles. The highest BCUT2D eigenvalue weighted by Crippen LogP contribution is 1.98. The molecule has 0 amide bonds. The molecule has 2 aromatic rings. The van der Waals surface area contributed by atoms with E-state index in [0.717, 1.165) is 5.65 Å². The first-order valence-electron chi connectivity index (χ1n) is 3.15. The zero-order chi connectivity index (χ0) is 7.68. The quantitative estimate of drug-likeness (QED) is 0.508. The molecule has 2 aromatic heterocycles. The van der Waals surface area contributed by atoms with Gasteiger partial charge in [0.1, 0.15) is 5.69 Å². The van der Waals surface area contributed by atoms with Gasteiger partial charge in [0, 0.05) is 18.6 Å². The average molecular weight is 143 g/mol. The number of imidazole rings is 1. The summed E-state index contributed by atoms with van der Waals surface area (Å²) < 4.78 is 1.84. The Kier molecular flexibility index (Phi) is 1.13. The van der Waals surface area contributed by atoms with E-state index in [-0.39, 0.29) is 0 Å². The van der Waals surface area contributed by atoms with Crippen LogP contribution in [0.25, 0.3) is 5.65 Å². The predicted molar refractivity (Wildman–Crippen MR) is 40.9 cm³/mol. The van der Waals surface area contributed by atoms with Gasteiger partial charge >= 0.3 is 0 Å². The molecule has 0 N–H and O–H groups in total. The molecule has 2 rings (SSSR count). The summed E-state index contributed by atoms with van der Waals surface area (Å²) in [5, 5.41) is 0. The maximum atomic E-state index is 5.16. The number of rotatable bonds is 0. The molecule has 0 saturated heterocycles. The number of aromatic nitrogens is 3. The van der Waals surface area contributed by atoms with Gasteiger partial charge in [-0.3, -0.25) is 0 Å². The lowest BCUT2D eigenvalue weighted by atomic mass is 10.5. The Balaban J connectivity index is 2.79. The third-order valence-electron chi connectivity index (χ3n) is 1.43. The van der Waals surface area contributed by atoms with Crippen molar-refractivity contribution in [3.05, 3.63) is 30.5 Å². The lowest BCUT2D eigenvalue weighted by Gasteiger charge is -1.91. The van der Waals surface area contributed by atoms with E-state index in [4.69, 9.17) is 6.42 Å². The van der Waals surface area contributed by atoms with Crippen LogP contribution in [-0.2, 0) is 0 Å². The Hall–Kier alpha value is -1.82. The van der Waals surface area contributed by atoms with E-state index in [1.807, 2.05) is 10.6 Å². The van der Waals surface area contributed by atoms with Crippen molar-refractivity contribution >= 4 is 5.65 Å². The summed E-state index contributed by atoms with van der Waals surface area (Å²) in [7, 11) is 0. The van der Waals surface area contributed by atoms with Crippen LogP contribution >= 0.6 is 0 Å². The number of hydrogen-bond donors (Lipinski definition) is 0. The minimum absolute atomic E-state index is 0.621. The molecule has 0 atom stereocenters. The lowest BCUT2D eigenvalue weighted by molar-refractivity contribution is 1.11. The van der Waals surface area contributed by atoms with Gasteiger partial charge in [0.25, 0.3) is 0 Å². The molecule has 0 aliphatic heterocycles. The molecule has 52 valence electrons. The van der Waals surface area contributed by atoms with Crippen molar-refractivity contribution in [1.29, 1.82) is 0 Å². The van der Waals surface area contributed by atoms with E-state index in [1.165, 1.54) is 0 Å². The second-order valence-electron chi connectivity index (χ2n) is 2.11. The Bertz CT molecular complexity index is 422. The van der Waals surface area contributed by atoms with Gasteiger partial charge in [0.15, 0.2) is 5.65 Å². The van der Waals surface area contributed by atoms with Crippen LogP contribution in [0.15, 0.2) is 24.8 Å². The molecule has 0 spiro atoms. The fourth-order valence-electron chi connectivity index (χ4n) is 0.901. The summed E-state index contributed by atoms with van der Waals surface area (Å²) in [6.07, 6.45) is 12.1. The molecule has 0 unspecified atom stereocenters. The number of nitrogens with zero attached hydrogens (tertiary/aromatic N) is 3. The summed E-state index contributed by atoms with van der Waals surface area (Å²) in [5.74, 6) is 2.45. The van der Waals surface area contributed by atoms with Crippen LogP contribution in [-0.4, -0.2) is 14.4 Å². The lowest BCUT2D eigenvalue weighted by Crippen LogP contribution is -1.88. The van der Waals surface area contributed by atoms with Gasteiger partial charge in [-0.1, -0.05) is 0 Å². The van der Waals surface area contributed by atoms with Crippen LogP contribution in [0.5, 0.6) is 0 Å². The first-order valence-corrected chi connectivity index (χ1v) is 3.15. The molecule has 0 saturated carbocycles. The molecular weight excluding hydrogens is 138 g/mol. The van der Waals surface area contributed by atoms with Gasteiger partial charge < -0.3 is 4.40 Å². The summed E-state index contributed by atoms with van der Waals surface area (Å²) in [6.45, 7) is 0. The summed E-state index contributed by atoms with van der Waals surface area (Å²) in [6, 6.07) is 0. The van der Waals surface area contributed by atoms with Crippen LogP contribution in [0.3, 0.4) is 0 Å². The molecule has 0 fully saturated rings. The van der Waals surface area contributed by atoms with Crippen molar-refractivity contribution in [2.45, 2.75) is 0 Å². The van der Waals surface area contributed by atoms with Crippen molar-refractivity contribution in [1.82, 2.24) is 14.4 Å². The van der Waals surface area contributed by atoms with Crippen molar-refractivity contribution in [2.24, 2.45) is 0 Å². The monoisotopic (exact) mass is 143 g/mol. The third-order valence-corrected chi connectivity index (χ3v) is 1.43. The fourth-order valence-corrected chi connectivity index (χ4v) is 0.901. The van der Waals surface area contributed by atoms with Crippen molar-refractivity contribution < 1.29 is 0 Å². The second kappa shape index (κ2) is 2.10. The SMILES string of the molecule is C#Cc1cn2ccnc2cn1. The second-order valence-corrected chi connectivity index (χ2v) is 2.11.